The molecule has 2 aromatic carbocycles. The van der Waals surface area contributed by atoms with Crippen LogP contribution in [0.1, 0.15) is 26.4 Å². The van der Waals surface area contributed by atoms with Crippen LogP contribution in [-0.4, -0.2) is 33.4 Å². The summed E-state index contributed by atoms with van der Waals surface area (Å²) in [5.74, 6) is -0.367. The van der Waals surface area contributed by atoms with Crippen molar-refractivity contribution in [3.8, 4) is 17.2 Å². The standard InChI is InChI=1S/C29H19ClF3N5O4/c1-34-27(40)23-15-20(10-12-35-23)42-19-7-5-18(6-8-19)37-26(39)21-13-16-3-2-11-36-25(16)38(28(21)41)24-9-4-17(14-22(24)30)29(31,32)33/h2-15H,1H3,(H,34,40)(H,37,39). The van der Waals surface area contributed by atoms with Gasteiger partial charge in [0.1, 0.15) is 28.4 Å². The second kappa shape index (κ2) is 11.3. The number of hydrogen-bond donors (Lipinski definition) is 2. The first-order chi connectivity index (χ1) is 20.0. The molecule has 0 radical (unpaired) electrons. The van der Waals surface area contributed by atoms with Crippen molar-refractivity contribution < 1.29 is 27.5 Å². The van der Waals surface area contributed by atoms with E-state index in [1.165, 1.54) is 31.6 Å². The van der Waals surface area contributed by atoms with Gasteiger partial charge in [-0.3, -0.25) is 23.9 Å². The molecule has 0 aliphatic heterocycles. The second-order valence-electron chi connectivity index (χ2n) is 8.82. The summed E-state index contributed by atoms with van der Waals surface area (Å²) in [6.45, 7) is 0. The van der Waals surface area contributed by atoms with Crippen LogP contribution in [0.5, 0.6) is 11.5 Å². The fourth-order valence-corrected chi connectivity index (χ4v) is 4.33. The number of ether oxygens (including phenoxy) is 1. The fraction of sp³-hybridized carbons (Fsp3) is 0.0690. The highest BCUT2D eigenvalue weighted by Crippen LogP contribution is 2.33. The molecule has 0 saturated carbocycles. The van der Waals surface area contributed by atoms with Crippen molar-refractivity contribution in [2.24, 2.45) is 0 Å². The highest BCUT2D eigenvalue weighted by atomic mass is 35.5. The molecule has 2 amide bonds. The topological polar surface area (TPSA) is 115 Å². The molecular formula is C29H19ClF3N5O4. The van der Waals surface area contributed by atoms with Gasteiger partial charge in [-0.05, 0) is 66.7 Å². The van der Waals surface area contributed by atoms with Crippen LogP contribution in [0.3, 0.4) is 0 Å². The Morgan fingerprint density at radius 3 is 2.36 bits per heavy atom. The maximum atomic E-state index is 13.5. The number of nitrogens with zero attached hydrogens (tertiary/aromatic N) is 3. The summed E-state index contributed by atoms with van der Waals surface area (Å²) in [4.78, 5) is 46.7. The van der Waals surface area contributed by atoms with Crippen molar-refractivity contribution in [1.82, 2.24) is 19.9 Å². The maximum Gasteiger partial charge on any atom is 0.416 e. The molecule has 5 rings (SSSR count). The summed E-state index contributed by atoms with van der Waals surface area (Å²) in [7, 11) is 1.48. The lowest BCUT2D eigenvalue weighted by molar-refractivity contribution is -0.137. The number of amides is 2. The van der Waals surface area contributed by atoms with Crippen molar-refractivity contribution in [2.75, 3.05) is 12.4 Å². The molecule has 212 valence electrons. The van der Waals surface area contributed by atoms with Gasteiger partial charge in [-0.15, -0.1) is 0 Å². The van der Waals surface area contributed by atoms with Gasteiger partial charge in [-0.1, -0.05) is 11.6 Å². The molecule has 3 heterocycles. The van der Waals surface area contributed by atoms with Crippen LogP contribution in [0.2, 0.25) is 5.02 Å². The molecule has 0 spiro atoms. The van der Waals surface area contributed by atoms with Gasteiger partial charge in [-0.2, -0.15) is 13.2 Å². The van der Waals surface area contributed by atoms with Crippen molar-refractivity contribution in [2.45, 2.75) is 6.18 Å². The second-order valence-corrected chi connectivity index (χ2v) is 9.22. The molecule has 2 N–H and O–H groups in total. The number of hydrogen-bond acceptors (Lipinski definition) is 6. The van der Waals surface area contributed by atoms with Crippen LogP contribution in [0.4, 0.5) is 18.9 Å². The first kappa shape index (κ1) is 28.3. The Labute approximate surface area is 240 Å². The normalized spacial score (nSPS) is 11.3. The average molecular weight is 594 g/mol. The van der Waals surface area contributed by atoms with Gasteiger partial charge in [0.2, 0.25) is 0 Å². The number of carbonyl (C=O) groups excluding carboxylic acids is 2. The van der Waals surface area contributed by atoms with Gasteiger partial charge in [0, 0.05) is 36.6 Å². The van der Waals surface area contributed by atoms with E-state index in [9.17, 15) is 27.6 Å². The Bertz CT molecular complexity index is 1890. The number of aromatic nitrogens is 3. The molecular weight excluding hydrogens is 575 g/mol. The third kappa shape index (κ3) is 5.79. The summed E-state index contributed by atoms with van der Waals surface area (Å²) in [6.07, 6.45) is -1.80. The van der Waals surface area contributed by atoms with E-state index >= 15 is 0 Å². The zero-order valence-corrected chi connectivity index (χ0v) is 22.3. The molecule has 9 nitrogen and oxygen atoms in total. The molecule has 3 aromatic heterocycles. The molecule has 0 saturated heterocycles. The summed E-state index contributed by atoms with van der Waals surface area (Å²) >= 11 is 6.19. The van der Waals surface area contributed by atoms with Crippen LogP contribution in [-0.2, 0) is 6.18 Å². The minimum absolute atomic E-state index is 0.0646. The minimum Gasteiger partial charge on any atom is -0.457 e. The number of fused-ring (bicyclic) bond motifs is 1. The van der Waals surface area contributed by atoms with Crippen LogP contribution in [0, 0.1) is 0 Å². The molecule has 5 aromatic rings. The number of rotatable bonds is 6. The highest BCUT2D eigenvalue weighted by molar-refractivity contribution is 6.32. The third-order valence-electron chi connectivity index (χ3n) is 6.06. The Kier molecular flexibility index (Phi) is 7.64. The zero-order valence-electron chi connectivity index (χ0n) is 21.6. The Morgan fingerprint density at radius 1 is 0.905 bits per heavy atom. The highest BCUT2D eigenvalue weighted by Gasteiger charge is 2.31. The monoisotopic (exact) mass is 593 g/mol. The number of benzene rings is 2. The van der Waals surface area contributed by atoms with E-state index in [-0.39, 0.29) is 33.5 Å². The van der Waals surface area contributed by atoms with Gasteiger partial charge < -0.3 is 15.4 Å². The Morgan fingerprint density at radius 2 is 1.67 bits per heavy atom. The summed E-state index contributed by atoms with van der Waals surface area (Å²) < 4.78 is 46.3. The summed E-state index contributed by atoms with van der Waals surface area (Å²) in [5, 5.41) is 5.15. The summed E-state index contributed by atoms with van der Waals surface area (Å²) in [6, 6.07) is 16.4. The molecule has 0 aliphatic carbocycles. The van der Waals surface area contributed by atoms with Crippen LogP contribution in [0.15, 0.2) is 90.0 Å². The Hall–Kier alpha value is -5.23. The van der Waals surface area contributed by atoms with Crippen molar-refractivity contribution in [3.05, 3.63) is 117 Å². The predicted molar refractivity (Wildman–Crippen MR) is 149 cm³/mol. The van der Waals surface area contributed by atoms with Gasteiger partial charge in [0.25, 0.3) is 17.4 Å². The minimum atomic E-state index is -4.64. The van der Waals surface area contributed by atoms with Crippen molar-refractivity contribution >= 4 is 40.1 Å². The number of carbonyl (C=O) groups is 2. The maximum absolute atomic E-state index is 13.5. The van der Waals surface area contributed by atoms with E-state index in [4.69, 9.17) is 16.3 Å². The SMILES string of the molecule is CNC(=O)c1cc(Oc2ccc(NC(=O)c3cc4cccnc4n(-c4ccc(C(F)(F)F)cc4Cl)c3=O)cc2)ccn1. The Balaban J connectivity index is 1.43. The summed E-state index contributed by atoms with van der Waals surface area (Å²) in [5.41, 5.74) is -1.55. The fourth-order valence-electron chi connectivity index (χ4n) is 4.06. The van der Waals surface area contributed by atoms with Crippen LogP contribution >= 0.6 is 11.6 Å². The van der Waals surface area contributed by atoms with Crippen LogP contribution < -0.4 is 20.9 Å². The van der Waals surface area contributed by atoms with Gasteiger partial charge in [-0.25, -0.2) is 4.98 Å². The largest absolute Gasteiger partial charge is 0.457 e. The van der Waals surface area contributed by atoms with Gasteiger partial charge >= 0.3 is 6.18 Å². The molecule has 0 aliphatic rings. The van der Waals surface area contributed by atoms with E-state index in [1.54, 1.807) is 42.5 Å². The van der Waals surface area contributed by atoms with Gasteiger partial charge in [0.15, 0.2) is 0 Å². The van der Waals surface area contributed by atoms with E-state index in [0.717, 1.165) is 16.7 Å². The molecule has 13 heteroatoms. The van der Waals surface area contributed by atoms with Gasteiger partial charge in [0.05, 0.1) is 16.3 Å². The third-order valence-corrected chi connectivity index (χ3v) is 6.36. The van der Waals surface area contributed by atoms with Crippen molar-refractivity contribution in [3.63, 3.8) is 0 Å². The molecule has 0 bridgehead atoms. The average Bonchev–Trinajstić information content (AvgIpc) is 2.97. The lowest BCUT2D eigenvalue weighted by Crippen LogP contribution is -2.29. The number of nitrogens with one attached hydrogen (secondary N) is 2. The quantitative estimate of drug-likeness (QED) is 0.255. The zero-order chi connectivity index (χ0) is 30.0. The lowest BCUT2D eigenvalue weighted by atomic mass is 10.1. The van der Waals surface area contributed by atoms with E-state index in [0.29, 0.717) is 28.6 Å². The smallest absolute Gasteiger partial charge is 0.416 e. The number of anilines is 1. The molecule has 0 atom stereocenters. The van der Waals surface area contributed by atoms with Crippen LogP contribution in [0.25, 0.3) is 16.7 Å². The molecule has 0 fully saturated rings. The number of alkyl halides is 3. The molecule has 0 unspecified atom stereocenters. The lowest BCUT2D eigenvalue weighted by Gasteiger charge is -2.15. The van der Waals surface area contributed by atoms with E-state index in [2.05, 4.69) is 20.6 Å². The first-order valence-corrected chi connectivity index (χ1v) is 12.6. The van der Waals surface area contributed by atoms with E-state index in [1.807, 2.05) is 0 Å². The molecule has 42 heavy (non-hydrogen) atoms. The predicted octanol–water partition coefficient (Wildman–Crippen LogP) is 5.86. The number of pyridine rings is 3. The van der Waals surface area contributed by atoms with Crippen molar-refractivity contribution in [1.29, 1.82) is 0 Å². The number of halogens is 4. The van der Waals surface area contributed by atoms with E-state index < -0.39 is 23.2 Å². The first-order valence-electron chi connectivity index (χ1n) is 12.2.